The van der Waals surface area contributed by atoms with Crippen molar-refractivity contribution < 1.29 is 14.3 Å². The summed E-state index contributed by atoms with van der Waals surface area (Å²) < 4.78 is 10.6. The number of halogens is 1. The SMILES string of the molecule is COc1cccc(CN(C)C(=O)C2CNCCO2)c1.Cl. The lowest BCUT2D eigenvalue weighted by Crippen LogP contribution is -2.48. The first-order chi connectivity index (χ1) is 9.20. The topological polar surface area (TPSA) is 50.8 Å². The van der Waals surface area contributed by atoms with Crippen LogP contribution in [0.3, 0.4) is 0 Å². The van der Waals surface area contributed by atoms with Crippen LogP contribution in [0, 0.1) is 0 Å². The van der Waals surface area contributed by atoms with E-state index in [0.29, 0.717) is 19.7 Å². The maximum absolute atomic E-state index is 12.2. The number of likely N-dealkylation sites (N-methyl/N-ethyl adjacent to an activating group) is 1. The Morgan fingerprint density at radius 2 is 2.35 bits per heavy atom. The summed E-state index contributed by atoms with van der Waals surface area (Å²) in [7, 11) is 3.43. The molecule has 0 saturated carbocycles. The van der Waals surface area contributed by atoms with Crippen molar-refractivity contribution in [3.8, 4) is 5.75 Å². The number of amides is 1. The summed E-state index contributed by atoms with van der Waals surface area (Å²) in [4.78, 5) is 13.9. The number of benzene rings is 1. The van der Waals surface area contributed by atoms with Crippen molar-refractivity contribution in [2.45, 2.75) is 12.6 Å². The molecule has 1 N–H and O–H groups in total. The molecule has 1 amide bonds. The highest BCUT2D eigenvalue weighted by Gasteiger charge is 2.24. The molecule has 0 bridgehead atoms. The Balaban J connectivity index is 0.00000200. The number of ether oxygens (including phenoxy) is 2. The minimum absolute atomic E-state index is 0. The van der Waals surface area contributed by atoms with Crippen LogP contribution < -0.4 is 10.1 Å². The Bertz CT molecular complexity index is 436. The number of carbonyl (C=O) groups excluding carboxylic acids is 1. The number of hydrogen-bond acceptors (Lipinski definition) is 4. The van der Waals surface area contributed by atoms with Gasteiger partial charge in [0.25, 0.3) is 5.91 Å². The number of nitrogens with one attached hydrogen (secondary N) is 1. The van der Waals surface area contributed by atoms with E-state index in [2.05, 4.69) is 5.32 Å². The van der Waals surface area contributed by atoms with Crippen molar-refractivity contribution in [3.63, 3.8) is 0 Å². The van der Waals surface area contributed by atoms with Crippen molar-refractivity contribution in [2.24, 2.45) is 0 Å². The Labute approximate surface area is 125 Å². The van der Waals surface area contributed by atoms with Crippen molar-refractivity contribution in [2.75, 3.05) is 33.9 Å². The van der Waals surface area contributed by atoms with E-state index in [1.165, 1.54) is 0 Å². The summed E-state index contributed by atoms with van der Waals surface area (Å²) in [6.45, 7) is 2.53. The highest BCUT2D eigenvalue weighted by Crippen LogP contribution is 2.14. The third-order valence-corrected chi connectivity index (χ3v) is 3.13. The van der Waals surface area contributed by atoms with E-state index in [4.69, 9.17) is 9.47 Å². The van der Waals surface area contributed by atoms with Crippen LogP contribution >= 0.6 is 12.4 Å². The minimum atomic E-state index is -0.371. The van der Waals surface area contributed by atoms with E-state index in [-0.39, 0.29) is 24.4 Å². The van der Waals surface area contributed by atoms with Crippen LogP contribution in [0.5, 0.6) is 5.75 Å². The number of nitrogens with zero attached hydrogens (tertiary/aromatic N) is 1. The first kappa shape index (κ1) is 16.8. The van der Waals surface area contributed by atoms with Gasteiger partial charge in [-0.3, -0.25) is 4.79 Å². The van der Waals surface area contributed by atoms with Gasteiger partial charge in [0.15, 0.2) is 0 Å². The van der Waals surface area contributed by atoms with Gasteiger partial charge in [0.05, 0.1) is 13.7 Å². The van der Waals surface area contributed by atoms with Crippen LogP contribution in [0.25, 0.3) is 0 Å². The second-order valence-corrected chi connectivity index (χ2v) is 4.61. The first-order valence-electron chi connectivity index (χ1n) is 6.41. The third-order valence-electron chi connectivity index (χ3n) is 3.13. The van der Waals surface area contributed by atoms with Crippen LogP contribution in [0.15, 0.2) is 24.3 Å². The van der Waals surface area contributed by atoms with Gasteiger partial charge in [-0.05, 0) is 17.7 Å². The average molecular weight is 301 g/mol. The first-order valence-corrected chi connectivity index (χ1v) is 6.41. The highest BCUT2D eigenvalue weighted by molar-refractivity contribution is 5.85. The summed E-state index contributed by atoms with van der Waals surface area (Å²) in [5.74, 6) is 0.809. The molecule has 1 aliphatic heterocycles. The molecule has 1 aromatic rings. The van der Waals surface area contributed by atoms with Gasteiger partial charge in [-0.2, -0.15) is 0 Å². The fourth-order valence-corrected chi connectivity index (χ4v) is 2.09. The third kappa shape index (κ3) is 4.37. The molecule has 1 aliphatic rings. The largest absolute Gasteiger partial charge is 0.497 e. The van der Waals surface area contributed by atoms with Crippen molar-refractivity contribution in [3.05, 3.63) is 29.8 Å². The lowest BCUT2D eigenvalue weighted by atomic mass is 10.2. The van der Waals surface area contributed by atoms with E-state index < -0.39 is 0 Å². The molecule has 0 spiro atoms. The molecule has 1 saturated heterocycles. The Kier molecular flexibility index (Phi) is 6.78. The average Bonchev–Trinajstić information content (AvgIpc) is 2.47. The molecule has 1 atom stereocenters. The maximum Gasteiger partial charge on any atom is 0.253 e. The maximum atomic E-state index is 12.2. The van der Waals surface area contributed by atoms with Crippen LogP contribution in [-0.4, -0.2) is 50.8 Å². The molecule has 1 fully saturated rings. The molecule has 0 aliphatic carbocycles. The van der Waals surface area contributed by atoms with Gasteiger partial charge in [0.1, 0.15) is 11.9 Å². The molecule has 1 heterocycles. The lowest BCUT2D eigenvalue weighted by Gasteiger charge is -2.27. The summed E-state index contributed by atoms with van der Waals surface area (Å²) in [5, 5.41) is 3.16. The van der Waals surface area contributed by atoms with Crippen LogP contribution in [0.4, 0.5) is 0 Å². The molecule has 0 aromatic heterocycles. The van der Waals surface area contributed by atoms with Gasteiger partial charge in [-0.15, -0.1) is 12.4 Å². The molecule has 20 heavy (non-hydrogen) atoms. The zero-order valence-electron chi connectivity index (χ0n) is 11.8. The number of carbonyl (C=O) groups is 1. The van der Waals surface area contributed by atoms with Crippen molar-refractivity contribution in [1.82, 2.24) is 10.2 Å². The van der Waals surface area contributed by atoms with Gasteiger partial charge in [-0.1, -0.05) is 12.1 Å². The second kappa shape index (κ2) is 8.09. The van der Waals surface area contributed by atoms with Gasteiger partial charge in [0.2, 0.25) is 0 Å². The summed E-state index contributed by atoms with van der Waals surface area (Å²) in [5.41, 5.74) is 1.04. The molecule has 5 nitrogen and oxygen atoms in total. The second-order valence-electron chi connectivity index (χ2n) is 4.61. The molecular weight excluding hydrogens is 280 g/mol. The van der Waals surface area contributed by atoms with Gasteiger partial charge in [0, 0.05) is 26.7 Å². The van der Waals surface area contributed by atoms with E-state index in [0.717, 1.165) is 17.9 Å². The number of methoxy groups -OCH3 is 1. The quantitative estimate of drug-likeness (QED) is 0.903. The fraction of sp³-hybridized carbons (Fsp3) is 0.500. The Morgan fingerprint density at radius 3 is 3.00 bits per heavy atom. The number of morpholine rings is 1. The van der Waals surface area contributed by atoms with Gasteiger partial charge in [-0.25, -0.2) is 0 Å². The van der Waals surface area contributed by atoms with E-state index in [1.54, 1.807) is 19.1 Å². The molecule has 1 aromatic carbocycles. The van der Waals surface area contributed by atoms with Crippen LogP contribution in [0.2, 0.25) is 0 Å². The zero-order chi connectivity index (χ0) is 13.7. The molecule has 6 heteroatoms. The van der Waals surface area contributed by atoms with Crippen molar-refractivity contribution >= 4 is 18.3 Å². The van der Waals surface area contributed by atoms with E-state index in [1.807, 2.05) is 24.3 Å². The molecular formula is C14H21ClN2O3. The predicted octanol–water partition coefficient (Wildman–Crippen LogP) is 1.06. The lowest BCUT2D eigenvalue weighted by molar-refractivity contribution is -0.144. The Morgan fingerprint density at radius 1 is 1.55 bits per heavy atom. The van der Waals surface area contributed by atoms with Crippen LogP contribution in [0.1, 0.15) is 5.56 Å². The minimum Gasteiger partial charge on any atom is -0.497 e. The monoisotopic (exact) mass is 300 g/mol. The van der Waals surface area contributed by atoms with Gasteiger partial charge >= 0.3 is 0 Å². The summed E-state index contributed by atoms with van der Waals surface area (Å²) in [6, 6.07) is 7.72. The number of rotatable bonds is 4. The molecule has 2 rings (SSSR count). The fourth-order valence-electron chi connectivity index (χ4n) is 2.09. The standard InChI is InChI=1S/C14H20N2O3.ClH/c1-16(14(17)13-9-15-6-7-19-13)10-11-4-3-5-12(8-11)18-2;/h3-5,8,13,15H,6-7,9-10H2,1-2H3;1H. The summed E-state index contributed by atoms with van der Waals surface area (Å²) >= 11 is 0. The number of hydrogen-bond donors (Lipinski definition) is 1. The Hall–Kier alpha value is -1.30. The molecule has 112 valence electrons. The predicted molar refractivity (Wildman–Crippen MR) is 79.3 cm³/mol. The zero-order valence-corrected chi connectivity index (χ0v) is 12.6. The van der Waals surface area contributed by atoms with E-state index >= 15 is 0 Å². The molecule has 1 unspecified atom stereocenters. The smallest absolute Gasteiger partial charge is 0.253 e. The van der Waals surface area contributed by atoms with Gasteiger partial charge < -0.3 is 19.7 Å². The summed E-state index contributed by atoms with van der Waals surface area (Å²) in [6.07, 6.45) is -0.371. The normalized spacial score (nSPS) is 18.0. The van der Waals surface area contributed by atoms with Crippen LogP contribution in [-0.2, 0) is 16.1 Å². The molecule has 0 radical (unpaired) electrons. The highest BCUT2D eigenvalue weighted by atomic mass is 35.5. The van der Waals surface area contributed by atoms with E-state index in [9.17, 15) is 4.79 Å². The van der Waals surface area contributed by atoms with Crippen molar-refractivity contribution in [1.29, 1.82) is 0 Å².